The van der Waals surface area contributed by atoms with E-state index in [1.165, 1.54) is 52.1 Å². The Kier molecular flexibility index (Phi) is 4.60. The number of piperidine rings is 1. The van der Waals surface area contributed by atoms with Crippen molar-refractivity contribution in [1.82, 2.24) is 20.4 Å². The van der Waals surface area contributed by atoms with Gasteiger partial charge in [0, 0.05) is 38.3 Å². The summed E-state index contributed by atoms with van der Waals surface area (Å²) in [4.78, 5) is 5.38. The lowest BCUT2D eigenvalue weighted by Crippen LogP contribution is -2.59. The molecule has 4 heteroatoms. The molecule has 3 saturated heterocycles. The predicted octanol–water partition coefficient (Wildman–Crippen LogP) is 1.34. The maximum atomic E-state index is 3.93. The van der Waals surface area contributed by atoms with Gasteiger partial charge in [0.15, 0.2) is 0 Å². The third-order valence-electron chi connectivity index (χ3n) is 5.93. The van der Waals surface area contributed by atoms with Crippen molar-refractivity contribution < 1.29 is 0 Å². The number of hydrogen-bond donors (Lipinski definition) is 2. The third-order valence-corrected chi connectivity index (χ3v) is 5.93. The molecule has 0 aromatic carbocycles. The van der Waals surface area contributed by atoms with Gasteiger partial charge in [-0.1, -0.05) is 0 Å². The first-order valence-corrected chi connectivity index (χ1v) is 8.93. The van der Waals surface area contributed by atoms with Crippen LogP contribution in [0.3, 0.4) is 0 Å². The molecular formula is C17H34N4. The fourth-order valence-corrected chi connectivity index (χ4v) is 4.46. The van der Waals surface area contributed by atoms with Gasteiger partial charge in [-0.25, -0.2) is 0 Å². The number of likely N-dealkylation sites (tertiary alicyclic amines) is 2. The van der Waals surface area contributed by atoms with E-state index in [2.05, 4.69) is 48.1 Å². The van der Waals surface area contributed by atoms with Crippen molar-refractivity contribution in [2.75, 3.05) is 39.3 Å². The van der Waals surface area contributed by atoms with E-state index in [0.29, 0.717) is 12.1 Å². The minimum Gasteiger partial charge on any atom is -0.317 e. The van der Waals surface area contributed by atoms with Gasteiger partial charge in [-0.15, -0.1) is 0 Å². The Morgan fingerprint density at radius 1 is 1.00 bits per heavy atom. The quantitative estimate of drug-likeness (QED) is 0.819. The summed E-state index contributed by atoms with van der Waals surface area (Å²) in [5, 5.41) is 7.39. The molecule has 0 aliphatic carbocycles. The minimum absolute atomic E-state index is 0.148. The third kappa shape index (κ3) is 3.44. The topological polar surface area (TPSA) is 30.5 Å². The van der Waals surface area contributed by atoms with E-state index < -0.39 is 0 Å². The van der Waals surface area contributed by atoms with E-state index in [4.69, 9.17) is 0 Å². The van der Waals surface area contributed by atoms with Gasteiger partial charge in [0.05, 0.1) is 5.66 Å². The van der Waals surface area contributed by atoms with Crippen molar-refractivity contribution in [3.8, 4) is 0 Å². The average molecular weight is 294 g/mol. The molecule has 0 saturated carbocycles. The van der Waals surface area contributed by atoms with Gasteiger partial charge in [0.25, 0.3) is 0 Å². The number of nitrogens with one attached hydrogen (secondary N) is 2. The molecule has 0 spiro atoms. The highest BCUT2D eigenvalue weighted by Gasteiger charge is 2.44. The summed E-state index contributed by atoms with van der Waals surface area (Å²) in [6, 6.07) is 1.40. The largest absolute Gasteiger partial charge is 0.317 e. The predicted molar refractivity (Wildman–Crippen MR) is 88.4 cm³/mol. The van der Waals surface area contributed by atoms with Crippen LogP contribution in [0, 0.1) is 11.8 Å². The van der Waals surface area contributed by atoms with Gasteiger partial charge in [0.2, 0.25) is 0 Å². The first-order chi connectivity index (χ1) is 9.95. The lowest BCUT2D eigenvalue weighted by Gasteiger charge is -2.41. The molecule has 2 N–H and O–H groups in total. The summed E-state index contributed by atoms with van der Waals surface area (Å²) in [5.41, 5.74) is 0.148. The van der Waals surface area contributed by atoms with E-state index in [-0.39, 0.29) is 5.66 Å². The lowest BCUT2D eigenvalue weighted by atomic mass is 10.0. The van der Waals surface area contributed by atoms with Gasteiger partial charge < -0.3 is 10.2 Å². The van der Waals surface area contributed by atoms with Gasteiger partial charge >= 0.3 is 0 Å². The van der Waals surface area contributed by atoms with Crippen LogP contribution in [0.4, 0.5) is 0 Å². The van der Waals surface area contributed by atoms with Crippen LogP contribution in [-0.4, -0.2) is 66.8 Å². The summed E-state index contributed by atoms with van der Waals surface area (Å²) < 4.78 is 0. The summed E-state index contributed by atoms with van der Waals surface area (Å²) in [6.07, 6.45) is 2.54. The Labute approximate surface area is 130 Å². The molecule has 3 fully saturated rings. The Balaban J connectivity index is 1.54. The van der Waals surface area contributed by atoms with E-state index in [1.54, 1.807) is 0 Å². The van der Waals surface area contributed by atoms with E-state index in [0.717, 1.165) is 11.8 Å². The molecule has 2 atom stereocenters. The second-order valence-corrected chi connectivity index (χ2v) is 8.20. The van der Waals surface area contributed by atoms with Crippen molar-refractivity contribution >= 4 is 0 Å². The van der Waals surface area contributed by atoms with E-state index in [1.807, 2.05) is 0 Å². The fraction of sp³-hybridized carbons (Fsp3) is 1.00. The molecule has 0 bridgehead atoms. The van der Waals surface area contributed by atoms with E-state index in [9.17, 15) is 0 Å². The summed E-state index contributed by atoms with van der Waals surface area (Å²) in [6.45, 7) is 16.9. The number of hydrogen-bond acceptors (Lipinski definition) is 4. The normalized spacial score (nSPS) is 33.0. The number of fused-ring (bicyclic) bond motifs is 1. The molecule has 3 heterocycles. The molecule has 21 heavy (non-hydrogen) atoms. The zero-order chi connectivity index (χ0) is 15.0. The smallest absolute Gasteiger partial charge is 0.0656 e. The molecule has 0 amide bonds. The molecule has 0 radical (unpaired) electrons. The highest BCUT2D eigenvalue weighted by atomic mass is 15.4. The van der Waals surface area contributed by atoms with Crippen LogP contribution >= 0.6 is 0 Å². The summed E-state index contributed by atoms with van der Waals surface area (Å²) in [5.74, 6) is 1.78. The molecule has 0 aromatic heterocycles. The minimum atomic E-state index is 0.148. The van der Waals surface area contributed by atoms with Gasteiger partial charge in [-0.05, 0) is 65.5 Å². The van der Waals surface area contributed by atoms with Crippen molar-refractivity contribution in [2.45, 2.75) is 58.3 Å². The van der Waals surface area contributed by atoms with Gasteiger partial charge in [0.1, 0.15) is 0 Å². The summed E-state index contributed by atoms with van der Waals surface area (Å²) >= 11 is 0. The molecule has 3 rings (SSSR count). The van der Waals surface area contributed by atoms with Crippen molar-refractivity contribution in [1.29, 1.82) is 0 Å². The molecule has 3 aliphatic rings. The zero-order valence-electron chi connectivity index (χ0n) is 14.4. The standard InChI is InChI=1S/C17H34N4/c1-13(2)20-9-14-11-21(12-15(14)10-20)17(3,4)19-16-5-7-18-8-6-16/h13-16,18-19H,5-12H2,1-4H3. The van der Waals surface area contributed by atoms with Crippen LogP contribution < -0.4 is 10.6 Å². The van der Waals surface area contributed by atoms with Crippen LogP contribution in [0.5, 0.6) is 0 Å². The first-order valence-electron chi connectivity index (χ1n) is 8.93. The van der Waals surface area contributed by atoms with Gasteiger partial charge in [-0.2, -0.15) is 0 Å². The second kappa shape index (κ2) is 6.15. The highest BCUT2D eigenvalue weighted by molar-refractivity contribution is 4.98. The van der Waals surface area contributed by atoms with Gasteiger partial charge in [-0.3, -0.25) is 10.2 Å². The lowest BCUT2D eigenvalue weighted by molar-refractivity contribution is 0.0790. The van der Waals surface area contributed by atoms with Crippen LogP contribution in [0.1, 0.15) is 40.5 Å². The molecule has 3 aliphatic heterocycles. The Morgan fingerprint density at radius 2 is 1.57 bits per heavy atom. The molecule has 0 aromatic rings. The maximum Gasteiger partial charge on any atom is 0.0656 e. The van der Waals surface area contributed by atoms with Crippen LogP contribution in [0.15, 0.2) is 0 Å². The monoisotopic (exact) mass is 294 g/mol. The number of rotatable bonds is 4. The van der Waals surface area contributed by atoms with E-state index >= 15 is 0 Å². The number of nitrogens with zero attached hydrogens (tertiary/aromatic N) is 2. The average Bonchev–Trinajstić information content (AvgIpc) is 2.97. The molecular weight excluding hydrogens is 260 g/mol. The molecule has 2 unspecified atom stereocenters. The van der Waals surface area contributed by atoms with Crippen molar-refractivity contribution in [3.05, 3.63) is 0 Å². The molecule has 4 nitrogen and oxygen atoms in total. The second-order valence-electron chi connectivity index (χ2n) is 8.20. The van der Waals surface area contributed by atoms with Crippen LogP contribution in [0.25, 0.3) is 0 Å². The van der Waals surface area contributed by atoms with Crippen molar-refractivity contribution in [3.63, 3.8) is 0 Å². The van der Waals surface area contributed by atoms with Crippen LogP contribution in [0.2, 0.25) is 0 Å². The maximum absolute atomic E-state index is 3.93. The Bertz CT molecular complexity index is 335. The zero-order valence-corrected chi connectivity index (χ0v) is 14.4. The fourth-order valence-electron chi connectivity index (χ4n) is 4.46. The Morgan fingerprint density at radius 3 is 2.10 bits per heavy atom. The van der Waals surface area contributed by atoms with Crippen LogP contribution in [-0.2, 0) is 0 Å². The Hall–Kier alpha value is -0.160. The SMILES string of the molecule is CC(C)N1CC2CN(C(C)(C)NC3CCNCC3)CC2C1. The first kappa shape index (κ1) is 15.7. The summed E-state index contributed by atoms with van der Waals surface area (Å²) in [7, 11) is 0. The highest BCUT2D eigenvalue weighted by Crippen LogP contribution is 2.35. The molecule has 122 valence electrons. The van der Waals surface area contributed by atoms with Crippen molar-refractivity contribution in [2.24, 2.45) is 11.8 Å².